The molecule has 4 nitrogen and oxygen atoms in total. The second kappa shape index (κ2) is 5.11. The zero-order valence-electron chi connectivity index (χ0n) is 9.05. The fourth-order valence-corrected chi connectivity index (χ4v) is 1.31. The van der Waals surface area contributed by atoms with Crippen LogP contribution < -0.4 is 10.1 Å². The van der Waals surface area contributed by atoms with Gasteiger partial charge in [-0.15, -0.1) is 0 Å². The number of aromatic nitrogens is 2. The van der Waals surface area contributed by atoms with Crippen LogP contribution in [0.2, 0.25) is 0 Å². The Hall–Kier alpha value is -2.10. The predicted molar refractivity (Wildman–Crippen MR) is 62.4 cm³/mol. The van der Waals surface area contributed by atoms with Gasteiger partial charge >= 0.3 is 0 Å². The summed E-state index contributed by atoms with van der Waals surface area (Å²) in [6.07, 6.45) is 3.42. The summed E-state index contributed by atoms with van der Waals surface area (Å²) >= 11 is 0. The van der Waals surface area contributed by atoms with Gasteiger partial charge in [-0.1, -0.05) is 12.1 Å². The molecular weight excluding hydrogens is 202 g/mol. The number of methoxy groups -OCH3 is 1. The van der Waals surface area contributed by atoms with Gasteiger partial charge in [-0.2, -0.15) is 0 Å². The van der Waals surface area contributed by atoms with Crippen LogP contribution >= 0.6 is 0 Å². The third-order valence-corrected chi connectivity index (χ3v) is 2.18. The van der Waals surface area contributed by atoms with E-state index in [1.807, 2.05) is 24.3 Å². The monoisotopic (exact) mass is 215 g/mol. The van der Waals surface area contributed by atoms with Crippen molar-refractivity contribution in [3.05, 3.63) is 48.3 Å². The van der Waals surface area contributed by atoms with Crippen molar-refractivity contribution < 1.29 is 4.74 Å². The lowest BCUT2D eigenvalue weighted by atomic mass is 10.2. The van der Waals surface area contributed by atoms with Crippen molar-refractivity contribution >= 4 is 5.95 Å². The van der Waals surface area contributed by atoms with Crippen LogP contribution in [0.5, 0.6) is 5.75 Å². The van der Waals surface area contributed by atoms with Gasteiger partial charge in [0.1, 0.15) is 5.75 Å². The Labute approximate surface area is 94.3 Å². The van der Waals surface area contributed by atoms with Crippen molar-refractivity contribution in [3.8, 4) is 5.75 Å². The smallest absolute Gasteiger partial charge is 0.222 e. The number of hydrogen-bond donors (Lipinski definition) is 1. The third-order valence-electron chi connectivity index (χ3n) is 2.18. The Morgan fingerprint density at radius 3 is 2.44 bits per heavy atom. The summed E-state index contributed by atoms with van der Waals surface area (Å²) in [5, 5.41) is 3.14. The minimum Gasteiger partial charge on any atom is -0.497 e. The molecule has 1 heterocycles. The lowest BCUT2D eigenvalue weighted by Crippen LogP contribution is -2.02. The van der Waals surface area contributed by atoms with Crippen LogP contribution in [-0.2, 0) is 6.54 Å². The van der Waals surface area contributed by atoms with E-state index in [0.29, 0.717) is 12.5 Å². The maximum Gasteiger partial charge on any atom is 0.222 e. The normalized spacial score (nSPS) is 9.81. The van der Waals surface area contributed by atoms with Crippen LogP contribution in [0.25, 0.3) is 0 Å². The molecule has 0 aliphatic heterocycles. The van der Waals surface area contributed by atoms with E-state index in [4.69, 9.17) is 4.74 Å². The molecule has 0 saturated carbocycles. The van der Waals surface area contributed by atoms with E-state index in [1.54, 1.807) is 25.6 Å². The van der Waals surface area contributed by atoms with Crippen LogP contribution in [0.15, 0.2) is 42.7 Å². The Bertz CT molecular complexity index is 428. The maximum absolute atomic E-state index is 5.09. The minimum atomic E-state index is 0.637. The first-order valence-corrected chi connectivity index (χ1v) is 5.02. The number of nitrogens with one attached hydrogen (secondary N) is 1. The first kappa shape index (κ1) is 10.4. The van der Waals surface area contributed by atoms with E-state index >= 15 is 0 Å². The van der Waals surface area contributed by atoms with E-state index < -0.39 is 0 Å². The van der Waals surface area contributed by atoms with E-state index in [0.717, 1.165) is 11.3 Å². The largest absolute Gasteiger partial charge is 0.497 e. The number of hydrogen-bond acceptors (Lipinski definition) is 4. The van der Waals surface area contributed by atoms with Crippen LogP contribution in [0.3, 0.4) is 0 Å². The average molecular weight is 215 g/mol. The highest BCUT2D eigenvalue weighted by atomic mass is 16.5. The second-order valence-corrected chi connectivity index (χ2v) is 3.27. The maximum atomic E-state index is 5.09. The first-order chi connectivity index (χ1) is 7.88. The van der Waals surface area contributed by atoms with Crippen molar-refractivity contribution in [1.82, 2.24) is 9.97 Å². The summed E-state index contributed by atoms with van der Waals surface area (Å²) in [5.41, 5.74) is 1.16. The topological polar surface area (TPSA) is 47.0 Å². The molecule has 4 heteroatoms. The number of nitrogens with zero attached hydrogens (tertiary/aromatic N) is 2. The molecule has 0 aliphatic carbocycles. The Morgan fingerprint density at radius 2 is 1.81 bits per heavy atom. The van der Waals surface area contributed by atoms with Crippen LogP contribution in [0.1, 0.15) is 5.56 Å². The Morgan fingerprint density at radius 1 is 1.12 bits per heavy atom. The summed E-state index contributed by atoms with van der Waals surface area (Å²) in [5.74, 6) is 1.50. The molecule has 16 heavy (non-hydrogen) atoms. The highest BCUT2D eigenvalue weighted by molar-refractivity contribution is 5.30. The van der Waals surface area contributed by atoms with Crippen LogP contribution in [-0.4, -0.2) is 17.1 Å². The molecular formula is C12H13N3O. The SMILES string of the molecule is COc1ccc(CNc2ncccn2)cc1. The van der Waals surface area contributed by atoms with Gasteiger partial charge < -0.3 is 10.1 Å². The predicted octanol–water partition coefficient (Wildman–Crippen LogP) is 2.10. The lowest BCUT2D eigenvalue weighted by Gasteiger charge is -2.05. The first-order valence-electron chi connectivity index (χ1n) is 5.02. The molecule has 0 spiro atoms. The zero-order chi connectivity index (χ0) is 11.2. The molecule has 1 N–H and O–H groups in total. The second-order valence-electron chi connectivity index (χ2n) is 3.27. The molecule has 0 radical (unpaired) electrons. The number of ether oxygens (including phenoxy) is 1. The lowest BCUT2D eigenvalue weighted by molar-refractivity contribution is 0.414. The molecule has 0 saturated heterocycles. The van der Waals surface area contributed by atoms with Gasteiger partial charge in [0.2, 0.25) is 5.95 Å². The quantitative estimate of drug-likeness (QED) is 0.848. The number of rotatable bonds is 4. The van der Waals surface area contributed by atoms with Crippen molar-refractivity contribution in [2.24, 2.45) is 0 Å². The highest BCUT2D eigenvalue weighted by Crippen LogP contribution is 2.11. The van der Waals surface area contributed by atoms with Crippen LogP contribution in [0.4, 0.5) is 5.95 Å². The van der Waals surface area contributed by atoms with Gasteiger partial charge in [0.05, 0.1) is 7.11 Å². The molecule has 0 unspecified atom stereocenters. The molecule has 1 aromatic carbocycles. The Kier molecular flexibility index (Phi) is 3.33. The van der Waals surface area contributed by atoms with Crippen molar-refractivity contribution in [2.75, 3.05) is 12.4 Å². The van der Waals surface area contributed by atoms with E-state index in [1.165, 1.54) is 0 Å². The van der Waals surface area contributed by atoms with Gasteiger partial charge in [-0.05, 0) is 23.8 Å². The summed E-state index contributed by atoms with van der Waals surface area (Å²) in [7, 11) is 1.66. The molecule has 2 aromatic rings. The number of benzene rings is 1. The molecule has 0 fully saturated rings. The van der Waals surface area contributed by atoms with E-state index in [9.17, 15) is 0 Å². The van der Waals surface area contributed by atoms with Gasteiger partial charge in [0.15, 0.2) is 0 Å². The molecule has 0 amide bonds. The molecule has 0 bridgehead atoms. The van der Waals surface area contributed by atoms with Gasteiger partial charge in [-0.25, -0.2) is 9.97 Å². The van der Waals surface area contributed by atoms with E-state index in [-0.39, 0.29) is 0 Å². The molecule has 0 atom stereocenters. The van der Waals surface area contributed by atoms with Crippen molar-refractivity contribution in [3.63, 3.8) is 0 Å². The van der Waals surface area contributed by atoms with Crippen molar-refractivity contribution in [1.29, 1.82) is 0 Å². The van der Waals surface area contributed by atoms with Gasteiger partial charge in [0.25, 0.3) is 0 Å². The molecule has 0 aliphatic rings. The minimum absolute atomic E-state index is 0.637. The molecule has 82 valence electrons. The summed E-state index contributed by atoms with van der Waals surface area (Å²) in [4.78, 5) is 8.16. The third kappa shape index (κ3) is 2.70. The van der Waals surface area contributed by atoms with E-state index in [2.05, 4.69) is 15.3 Å². The molecule has 1 aromatic heterocycles. The average Bonchev–Trinajstić information content (AvgIpc) is 2.38. The fraction of sp³-hybridized carbons (Fsp3) is 0.167. The molecule has 2 rings (SSSR count). The highest BCUT2D eigenvalue weighted by Gasteiger charge is 1.96. The van der Waals surface area contributed by atoms with Crippen molar-refractivity contribution in [2.45, 2.75) is 6.54 Å². The number of anilines is 1. The van der Waals surface area contributed by atoms with Gasteiger partial charge in [0, 0.05) is 18.9 Å². The van der Waals surface area contributed by atoms with Gasteiger partial charge in [-0.3, -0.25) is 0 Å². The zero-order valence-corrected chi connectivity index (χ0v) is 9.05. The van der Waals surface area contributed by atoms with Crippen LogP contribution in [0, 0.1) is 0 Å². The Balaban J connectivity index is 1.94. The fourth-order valence-electron chi connectivity index (χ4n) is 1.31. The summed E-state index contributed by atoms with van der Waals surface area (Å²) in [6.45, 7) is 0.702. The summed E-state index contributed by atoms with van der Waals surface area (Å²) in [6, 6.07) is 9.67. The summed E-state index contributed by atoms with van der Waals surface area (Å²) < 4.78 is 5.09. The standard InChI is InChI=1S/C12H13N3O/c1-16-11-5-3-10(4-6-11)9-15-12-13-7-2-8-14-12/h2-8H,9H2,1H3,(H,13,14,15).